The van der Waals surface area contributed by atoms with E-state index in [1.807, 2.05) is 12.1 Å². The summed E-state index contributed by atoms with van der Waals surface area (Å²) in [5.74, 6) is -1.58. The van der Waals surface area contributed by atoms with E-state index >= 15 is 0 Å². The van der Waals surface area contributed by atoms with E-state index in [0.717, 1.165) is 3.57 Å². The Labute approximate surface area is 181 Å². The zero-order valence-electron chi connectivity index (χ0n) is 14.7. The van der Waals surface area contributed by atoms with Crippen LogP contribution >= 0.6 is 45.8 Å². The van der Waals surface area contributed by atoms with Gasteiger partial charge in [0.05, 0.1) is 17.5 Å². The quantitative estimate of drug-likeness (QED) is 0.191. The van der Waals surface area contributed by atoms with Crippen LogP contribution in [0.4, 0.5) is 5.69 Å². The Hall–Kier alpha value is -1.51. The molecule has 0 aromatic heterocycles. The smallest absolute Gasteiger partial charge is 0.333 e. The minimum absolute atomic E-state index is 0.178. The van der Waals surface area contributed by atoms with Gasteiger partial charge in [0.1, 0.15) is 5.69 Å². The molecule has 0 N–H and O–H groups in total. The molecule has 0 fully saturated rings. The Kier molecular flexibility index (Phi) is 8.19. The highest BCUT2D eigenvalue weighted by molar-refractivity contribution is 14.1. The maximum atomic E-state index is 12.8. The van der Waals surface area contributed by atoms with Gasteiger partial charge in [-0.15, -0.1) is 0 Å². The molecule has 0 radical (unpaired) electrons. The summed E-state index contributed by atoms with van der Waals surface area (Å²) in [6.07, 6.45) is 0. The van der Waals surface area contributed by atoms with E-state index in [1.165, 1.54) is 6.07 Å². The zero-order chi connectivity index (χ0) is 20.0. The van der Waals surface area contributed by atoms with Gasteiger partial charge in [-0.1, -0.05) is 42.3 Å². The third-order valence-electron chi connectivity index (χ3n) is 3.74. The average Bonchev–Trinajstić information content (AvgIpc) is 2.63. The molecule has 0 aliphatic rings. The van der Waals surface area contributed by atoms with Crippen LogP contribution in [0.3, 0.4) is 0 Å². The standard InChI is InChI=1S/C19H17Cl2IN2O3/c1-3-27-19(26)17(24-23-16-9-6-13(20)10-15(16)21)11(2)18(25)12-4-7-14(22)8-5-12/h4-11,17H,3H2,1-2H3. The van der Waals surface area contributed by atoms with Crippen LogP contribution in [-0.4, -0.2) is 24.4 Å². The van der Waals surface area contributed by atoms with E-state index in [-0.39, 0.29) is 12.4 Å². The monoisotopic (exact) mass is 518 g/mol. The molecule has 0 saturated carbocycles. The number of esters is 1. The number of halogens is 3. The number of ketones is 1. The van der Waals surface area contributed by atoms with E-state index < -0.39 is 17.9 Å². The van der Waals surface area contributed by atoms with Crippen LogP contribution in [0.25, 0.3) is 0 Å². The fourth-order valence-corrected chi connectivity index (χ4v) is 3.09. The first-order chi connectivity index (χ1) is 12.8. The van der Waals surface area contributed by atoms with E-state index in [9.17, 15) is 9.59 Å². The molecule has 8 heteroatoms. The van der Waals surface area contributed by atoms with Crippen LogP contribution in [0.2, 0.25) is 10.0 Å². The number of azo groups is 1. The number of nitrogens with zero attached hydrogens (tertiary/aromatic N) is 2. The molecule has 0 amide bonds. The van der Waals surface area contributed by atoms with Crippen molar-refractivity contribution in [2.75, 3.05) is 6.61 Å². The summed E-state index contributed by atoms with van der Waals surface area (Å²) < 4.78 is 6.08. The van der Waals surface area contributed by atoms with E-state index in [0.29, 0.717) is 21.3 Å². The van der Waals surface area contributed by atoms with Crippen LogP contribution < -0.4 is 0 Å². The van der Waals surface area contributed by atoms with Gasteiger partial charge < -0.3 is 4.74 Å². The summed E-state index contributed by atoms with van der Waals surface area (Å²) in [5.41, 5.74) is 0.848. The lowest BCUT2D eigenvalue weighted by molar-refractivity contribution is -0.145. The van der Waals surface area contributed by atoms with Gasteiger partial charge in [-0.3, -0.25) is 4.79 Å². The predicted molar refractivity (Wildman–Crippen MR) is 114 cm³/mol. The Morgan fingerprint density at radius 2 is 1.81 bits per heavy atom. The number of rotatable bonds is 7. The maximum absolute atomic E-state index is 12.8. The first-order valence-electron chi connectivity index (χ1n) is 8.15. The fraction of sp³-hybridized carbons (Fsp3) is 0.263. The van der Waals surface area contributed by atoms with Crippen LogP contribution in [0, 0.1) is 9.49 Å². The molecule has 2 atom stereocenters. The average molecular weight is 519 g/mol. The third-order valence-corrected chi connectivity index (χ3v) is 5.00. The van der Waals surface area contributed by atoms with E-state index in [2.05, 4.69) is 32.8 Å². The molecule has 2 aromatic rings. The molecule has 2 unspecified atom stereocenters. The van der Waals surface area contributed by atoms with Gasteiger partial charge in [-0.2, -0.15) is 10.2 Å². The van der Waals surface area contributed by atoms with Crippen molar-refractivity contribution >= 4 is 63.2 Å². The SMILES string of the molecule is CCOC(=O)C(N=Nc1ccc(Cl)cc1Cl)C(C)C(=O)c1ccc(I)cc1. The van der Waals surface area contributed by atoms with Gasteiger partial charge >= 0.3 is 5.97 Å². The Bertz CT molecular complexity index is 857. The van der Waals surface area contributed by atoms with E-state index in [1.54, 1.807) is 38.1 Å². The molecule has 2 rings (SSSR count). The zero-order valence-corrected chi connectivity index (χ0v) is 18.3. The number of carbonyl (C=O) groups is 2. The minimum Gasteiger partial charge on any atom is -0.464 e. The second-order valence-corrected chi connectivity index (χ2v) is 7.76. The molecule has 142 valence electrons. The Balaban J connectivity index is 2.30. The Morgan fingerprint density at radius 1 is 1.15 bits per heavy atom. The first kappa shape index (κ1) is 21.8. The topological polar surface area (TPSA) is 68.1 Å². The highest BCUT2D eigenvalue weighted by atomic mass is 127. The molecule has 27 heavy (non-hydrogen) atoms. The van der Waals surface area contributed by atoms with Crippen molar-refractivity contribution in [3.63, 3.8) is 0 Å². The van der Waals surface area contributed by atoms with Crippen molar-refractivity contribution in [1.82, 2.24) is 0 Å². The molecule has 5 nitrogen and oxygen atoms in total. The summed E-state index contributed by atoms with van der Waals surface area (Å²) >= 11 is 14.1. The Morgan fingerprint density at radius 3 is 2.41 bits per heavy atom. The normalized spacial score (nSPS) is 13.4. The van der Waals surface area contributed by atoms with Crippen LogP contribution in [-0.2, 0) is 9.53 Å². The maximum Gasteiger partial charge on any atom is 0.333 e. The molecule has 0 saturated heterocycles. The van der Waals surface area contributed by atoms with Gasteiger partial charge in [0.25, 0.3) is 0 Å². The van der Waals surface area contributed by atoms with Crippen LogP contribution in [0.5, 0.6) is 0 Å². The second-order valence-electron chi connectivity index (χ2n) is 5.67. The fourth-order valence-electron chi connectivity index (χ4n) is 2.29. The molecule has 0 aliphatic carbocycles. The van der Waals surface area contributed by atoms with Crippen molar-refractivity contribution < 1.29 is 14.3 Å². The molecule has 0 aliphatic heterocycles. The van der Waals surface area contributed by atoms with Crippen LogP contribution in [0.15, 0.2) is 52.7 Å². The van der Waals surface area contributed by atoms with Crippen molar-refractivity contribution in [3.8, 4) is 0 Å². The molecular formula is C19H17Cl2IN2O3. The molecular weight excluding hydrogens is 502 g/mol. The number of carbonyl (C=O) groups excluding carboxylic acids is 2. The molecule has 0 heterocycles. The van der Waals surface area contributed by atoms with E-state index in [4.69, 9.17) is 27.9 Å². The lowest BCUT2D eigenvalue weighted by atomic mass is 9.93. The summed E-state index contributed by atoms with van der Waals surface area (Å²) in [6, 6.07) is 10.7. The number of hydrogen-bond acceptors (Lipinski definition) is 5. The summed E-state index contributed by atoms with van der Waals surface area (Å²) in [7, 11) is 0. The van der Waals surface area contributed by atoms with Crippen molar-refractivity contribution in [2.24, 2.45) is 16.1 Å². The third kappa shape index (κ3) is 5.99. The number of benzene rings is 2. The molecule has 0 spiro atoms. The van der Waals surface area contributed by atoms with Crippen molar-refractivity contribution in [2.45, 2.75) is 19.9 Å². The van der Waals surface area contributed by atoms with Gasteiger partial charge in [0, 0.05) is 14.2 Å². The number of hydrogen-bond donors (Lipinski definition) is 0. The van der Waals surface area contributed by atoms with Gasteiger partial charge in [0.2, 0.25) is 0 Å². The minimum atomic E-state index is -1.08. The number of ether oxygens (including phenoxy) is 1. The summed E-state index contributed by atoms with van der Waals surface area (Å²) in [5, 5.41) is 8.87. The highest BCUT2D eigenvalue weighted by Crippen LogP contribution is 2.29. The molecule has 2 aromatic carbocycles. The van der Waals surface area contributed by atoms with Crippen LogP contribution in [0.1, 0.15) is 24.2 Å². The van der Waals surface area contributed by atoms with Gasteiger partial charge in [-0.25, -0.2) is 4.79 Å². The lowest BCUT2D eigenvalue weighted by Gasteiger charge is -2.17. The van der Waals surface area contributed by atoms with Gasteiger partial charge in [-0.05, 0) is 59.8 Å². The van der Waals surface area contributed by atoms with Gasteiger partial charge in [0.15, 0.2) is 11.8 Å². The highest BCUT2D eigenvalue weighted by Gasteiger charge is 2.32. The largest absolute Gasteiger partial charge is 0.464 e. The lowest BCUT2D eigenvalue weighted by Crippen LogP contribution is -2.33. The second kappa shape index (κ2) is 10.1. The first-order valence-corrected chi connectivity index (χ1v) is 9.99. The number of Topliss-reactive ketones (excluding diaryl/α,β-unsaturated/α-hetero) is 1. The predicted octanol–water partition coefficient (Wildman–Crippen LogP) is 6.13. The van der Waals surface area contributed by atoms with Crippen molar-refractivity contribution in [1.29, 1.82) is 0 Å². The van der Waals surface area contributed by atoms with Crippen molar-refractivity contribution in [3.05, 3.63) is 61.6 Å². The summed E-state index contributed by atoms with van der Waals surface area (Å²) in [4.78, 5) is 25.1. The summed E-state index contributed by atoms with van der Waals surface area (Å²) in [6.45, 7) is 3.50. The molecule has 0 bridgehead atoms.